The molecular formula is C33H39NO5S. The Morgan fingerprint density at radius 3 is 2.60 bits per heavy atom. The first-order chi connectivity index (χ1) is 19.1. The van der Waals surface area contributed by atoms with Crippen molar-refractivity contribution in [2.45, 2.75) is 60.5 Å². The smallest absolute Gasteiger partial charge is 0.341 e. The molecule has 1 unspecified atom stereocenters. The van der Waals surface area contributed by atoms with E-state index in [4.69, 9.17) is 14.2 Å². The number of fused-ring (bicyclic) bond motifs is 1. The molecule has 1 N–H and O–H groups in total. The second kappa shape index (κ2) is 12.7. The zero-order chi connectivity index (χ0) is 28.9. The van der Waals surface area contributed by atoms with Gasteiger partial charge >= 0.3 is 5.97 Å². The van der Waals surface area contributed by atoms with Crippen LogP contribution in [0.15, 0.2) is 48.5 Å². The summed E-state index contributed by atoms with van der Waals surface area (Å²) < 4.78 is 16.9. The van der Waals surface area contributed by atoms with E-state index >= 15 is 0 Å². The molecule has 1 aliphatic carbocycles. The molecule has 1 amide bonds. The Balaban J connectivity index is 1.48. The van der Waals surface area contributed by atoms with E-state index in [1.807, 2.05) is 36.4 Å². The monoisotopic (exact) mass is 561 g/mol. The fourth-order valence-electron chi connectivity index (χ4n) is 4.99. The van der Waals surface area contributed by atoms with Gasteiger partial charge in [-0.3, -0.25) is 4.79 Å². The van der Waals surface area contributed by atoms with Crippen molar-refractivity contribution in [2.75, 3.05) is 19.0 Å². The number of hydrogen-bond donors (Lipinski definition) is 1. The van der Waals surface area contributed by atoms with Crippen LogP contribution in [0.1, 0.15) is 71.6 Å². The van der Waals surface area contributed by atoms with Crippen molar-refractivity contribution >= 4 is 34.3 Å². The van der Waals surface area contributed by atoms with Gasteiger partial charge in [0.1, 0.15) is 11.6 Å². The Bertz CT molecular complexity index is 1400. The number of aryl methyl sites for hydroxylation is 1. The highest BCUT2D eigenvalue weighted by molar-refractivity contribution is 7.17. The summed E-state index contributed by atoms with van der Waals surface area (Å²) in [5.74, 6) is 1.05. The Morgan fingerprint density at radius 2 is 1.90 bits per heavy atom. The quantitative estimate of drug-likeness (QED) is 0.215. The van der Waals surface area contributed by atoms with Crippen LogP contribution in [0.5, 0.6) is 11.5 Å². The molecule has 212 valence electrons. The predicted octanol–water partition coefficient (Wildman–Crippen LogP) is 7.62. The maximum Gasteiger partial charge on any atom is 0.341 e. The molecule has 7 heteroatoms. The van der Waals surface area contributed by atoms with Crippen LogP contribution < -0.4 is 14.8 Å². The van der Waals surface area contributed by atoms with E-state index in [0.717, 1.165) is 36.0 Å². The van der Waals surface area contributed by atoms with Gasteiger partial charge in [-0.1, -0.05) is 51.1 Å². The minimum Gasteiger partial charge on any atom is -0.493 e. The van der Waals surface area contributed by atoms with Crippen molar-refractivity contribution in [1.82, 2.24) is 0 Å². The molecule has 0 bridgehead atoms. The normalized spacial score (nSPS) is 15.0. The van der Waals surface area contributed by atoms with Gasteiger partial charge in [0.05, 0.1) is 19.3 Å². The molecule has 1 heterocycles. The SMILES string of the molecule is CCOC(=O)c1c(NC(=O)/C=C/c2ccc(OCc3ccccc3C)c(OC)c2)sc2c1CCC(C(C)(C)C)C2. The number of ether oxygens (including phenoxy) is 3. The van der Waals surface area contributed by atoms with E-state index in [1.54, 1.807) is 20.1 Å². The zero-order valence-electron chi connectivity index (χ0n) is 24.3. The lowest BCUT2D eigenvalue weighted by molar-refractivity contribution is -0.111. The van der Waals surface area contributed by atoms with Gasteiger partial charge in [-0.15, -0.1) is 11.3 Å². The summed E-state index contributed by atoms with van der Waals surface area (Å²) in [6.45, 7) is 11.3. The van der Waals surface area contributed by atoms with Gasteiger partial charge in [-0.25, -0.2) is 4.79 Å². The highest BCUT2D eigenvalue weighted by atomic mass is 32.1. The molecular weight excluding hydrogens is 522 g/mol. The van der Waals surface area contributed by atoms with Crippen LogP contribution in [0, 0.1) is 18.3 Å². The summed E-state index contributed by atoms with van der Waals surface area (Å²) in [5.41, 5.74) is 4.77. The van der Waals surface area contributed by atoms with Crippen LogP contribution in [-0.4, -0.2) is 25.6 Å². The lowest BCUT2D eigenvalue weighted by Crippen LogP contribution is -2.26. The third-order valence-corrected chi connectivity index (χ3v) is 8.64. The third-order valence-electron chi connectivity index (χ3n) is 7.47. The molecule has 0 saturated heterocycles. The number of esters is 1. The summed E-state index contributed by atoms with van der Waals surface area (Å²) >= 11 is 1.50. The van der Waals surface area contributed by atoms with Gasteiger partial charge < -0.3 is 19.5 Å². The Morgan fingerprint density at radius 1 is 1.12 bits per heavy atom. The molecule has 0 fully saturated rings. The first-order valence-corrected chi connectivity index (χ1v) is 14.6. The summed E-state index contributed by atoms with van der Waals surface area (Å²) in [4.78, 5) is 27.0. The van der Waals surface area contributed by atoms with Crippen molar-refractivity contribution in [3.63, 3.8) is 0 Å². The van der Waals surface area contributed by atoms with Gasteiger partial charge in [-0.2, -0.15) is 0 Å². The van der Waals surface area contributed by atoms with E-state index in [0.29, 0.717) is 34.6 Å². The first kappa shape index (κ1) is 29.4. The zero-order valence-corrected chi connectivity index (χ0v) is 25.1. The van der Waals surface area contributed by atoms with Crippen LogP contribution in [-0.2, 0) is 29.0 Å². The first-order valence-electron chi connectivity index (χ1n) is 13.8. The number of carbonyl (C=O) groups excluding carboxylic acids is 2. The van der Waals surface area contributed by atoms with Crippen LogP contribution in [0.25, 0.3) is 6.08 Å². The molecule has 0 saturated carbocycles. The number of benzene rings is 2. The fraction of sp³-hybridized carbons (Fsp3) is 0.394. The van der Waals surface area contributed by atoms with Crippen molar-refractivity contribution in [3.8, 4) is 11.5 Å². The minimum absolute atomic E-state index is 0.181. The lowest BCUT2D eigenvalue weighted by atomic mass is 9.72. The molecule has 0 aliphatic heterocycles. The second-order valence-electron chi connectivity index (χ2n) is 11.2. The van der Waals surface area contributed by atoms with E-state index in [2.05, 4.69) is 39.1 Å². The van der Waals surface area contributed by atoms with Gasteiger partial charge in [-0.05, 0) is 84.9 Å². The number of carbonyl (C=O) groups is 2. The third kappa shape index (κ3) is 6.94. The van der Waals surface area contributed by atoms with E-state index in [1.165, 1.54) is 27.9 Å². The van der Waals surface area contributed by atoms with Crippen molar-refractivity contribution in [3.05, 3.63) is 81.2 Å². The Labute approximate surface area is 241 Å². The topological polar surface area (TPSA) is 73.9 Å². The maximum atomic E-state index is 13.0. The van der Waals surface area contributed by atoms with E-state index in [9.17, 15) is 9.59 Å². The summed E-state index contributed by atoms with van der Waals surface area (Å²) in [6.07, 6.45) is 5.91. The van der Waals surface area contributed by atoms with Crippen molar-refractivity contribution in [1.29, 1.82) is 0 Å². The van der Waals surface area contributed by atoms with Crippen LogP contribution in [0.3, 0.4) is 0 Å². The number of methoxy groups -OCH3 is 1. The number of rotatable bonds is 9. The Kier molecular flexibility index (Phi) is 9.36. The summed E-state index contributed by atoms with van der Waals surface area (Å²) in [7, 11) is 1.59. The maximum absolute atomic E-state index is 13.0. The minimum atomic E-state index is -0.375. The number of nitrogens with one attached hydrogen (secondary N) is 1. The van der Waals surface area contributed by atoms with E-state index < -0.39 is 0 Å². The molecule has 0 spiro atoms. The number of amides is 1. The van der Waals surface area contributed by atoms with Crippen molar-refractivity contribution < 1.29 is 23.8 Å². The molecule has 6 nitrogen and oxygen atoms in total. The molecule has 3 aromatic rings. The average Bonchev–Trinajstić information content (AvgIpc) is 3.28. The summed E-state index contributed by atoms with van der Waals surface area (Å²) in [5, 5.41) is 3.51. The van der Waals surface area contributed by atoms with E-state index in [-0.39, 0.29) is 23.9 Å². The van der Waals surface area contributed by atoms with Gasteiger partial charge in [0.25, 0.3) is 0 Å². The highest BCUT2D eigenvalue weighted by Gasteiger charge is 2.34. The Hall–Kier alpha value is -3.58. The van der Waals surface area contributed by atoms with Gasteiger partial charge in [0.15, 0.2) is 11.5 Å². The van der Waals surface area contributed by atoms with Crippen LogP contribution >= 0.6 is 11.3 Å². The van der Waals surface area contributed by atoms with Crippen LogP contribution in [0.4, 0.5) is 5.00 Å². The lowest BCUT2D eigenvalue weighted by Gasteiger charge is -2.33. The molecule has 1 aromatic heterocycles. The molecule has 1 aliphatic rings. The fourth-order valence-corrected chi connectivity index (χ4v) is 6.31. The van der Waals surface area contributed by atoms with Crippen molar-refractivity contribution in [2.24, 2.45) is 11.3 Å². The molecule has 0 radical (unpaired) electrons. The number of anilines is 1. The van der Waals surface area contributed by atoms with Gasteiger partial charge in [0.2, 0.25) is 5.91 Å². The summed E-state index contributed by atoms with van der Waals surface area (Å²) in [6, 6.07) is 13.6. The molecule has 40 heavy (non-hydrogen) atoms. The number of thiophene rings is 1. The average molecular weight is 562 g/mol. The molecule has 4 rings (SSSR count). The molecule has 1 atom stereocenters. The standard InChI is InChI=1S/C33H39NO5S/c1-7-38-32(36)30-25-15-14-24(33(3,4)5)19-28(25)40-31(30)34-29(35)17-13-22-12-16-26(27(18-22)37-6)39-20-23-11-9-8-10-21(23)2/h8-13,16-18,24H,7,14-15,19-20H2,1-6H3,(H,34,35)/b17-13+. The van der Waals surface area contributed by atoms with Gasteiger partial charge in [0, 0.05) is 11.0 Å². The highest BCUT2D eigenvalue weighted by Crippen LogP contribution is 2.44. The van der Waals surface area contributed by atoms with Crippen LogP contribution in [0.2, 0.25) is 0 Å². The molecule has 2 aromatic carbocycles. The second-order valence-corrected chi connectivity index (χ2v) is 12.3. The predicted molar refractivity (Wildman–Crippen MR) is 161 cm³/mol. The largest absolute Gasteiger partial charge is 0.493 e. The number of hydrogen-bond acceptors (Lipinski definition) is 6.